The second-order valence-corrected chi connectivity index (χ2v) is 4.10. The average Bonchev–Trinajstić information content (AvgIpc) is 2.23. The normalized spacial score (nSPS) is 10.1. The summed E-state index contributed by atoms with van der Waals surface area (Å²) in [6.07, 6.45) is 0. The maximum absolute atomic E-state index is 11.6. The van der Waals surface area contributed by atoms with Gasteiger partial charge < -0.3 is 15.5 Å². The number of aromatic nitrogens is 2. The van der Waals surface area contributed by atoms with Crippen LogP contribution in [-0.4, -0.2) is 48.0 Å². The number of rotatable bonds is 4. The number of likely N-dealkylation sites (N-methyl/N-ethyl adjacent to an activating group) is 2. The molecule has 0 atom stereocenters. The zero-order valence-electron chi connectivity index (χ0n) is 10.1. The second-order valence-electron chi connectivity index (χ2n) is 3.71. The van der Waals surface area contributed by atoms with Crippen LogP contribution in [0.2, 0.25) is 5.15 Å². The summed E-state index contributed by atoms with van der Waals surface area (Å²) in [5, 5.41) is 0.267. The molecule has 0 aliphatic rings. The Morgan fingerprint density at radius 1 is 1.47 bits per heavy atom. The van der Waals surface area contributed by atoms with Gasteiger partial charge in [0, 0.05) is 26.7 Å². The van der Waals surface area contributed by atoms with Crippen LogP contribution in [0.3, 0.4) is 0 Å². The molecule has 7 heteroatoms. The predicted octanol–water partition coefficient (Wildman–Crippen LogP) is 0.627. The first-order chi connectivity index (χ1) is 7.93. The SMILES string of the molecule is CCN(CC(=O)N(C)C)c1cc(Cl)nc(N)n1. The van der Waals surface area contributed by atoms with E-state index in [1.807, 2.05) is 6.92 Å². The van der Waals surface area contributed by atoms with Crippen molar-refractivity contribution in [3.05, 3.63) is 11.2 Å². The number of carbonyl (C=O) groups excluding carboxylic acids is 1. The van der Waals surface area contributed by atoms with E-state index in [1.54, 1.807) is 25.1 Å². The van der Waals surface area contributed by atoms with Crippen molar-refractivity contribution in [2.75, 3.05) is 37.8 Å². The van der Waals surface area contributed by atoms with Gasteiger partial charge in [-0.15, -0.1) is 0 Å². The molecule has 0 aliphatic carbocycles. The highest BCUT2D eigenvalue weighted by Crippen LogP contribution is 2.16. The molecule has 17 heavy (non-hydrogen) atoms. The summed E-state index contributed by atoms with van der Waals surface area (Å²) in [6.45, 7) is 2.79. The molecule has 0 spiro atoms. The lowest BCUT2D eigenvalue weighted by Crippen LogP contribution is -2.37. The third-order valence-corrected chi connectivity index (χ3v) is 2.42. The number of carbonyl (C=O) groups is 1. The lowest BCUT2D eigenvalue weighted by molar-refractivity contribution is -0.127. The molecule has 0 saturated carbocycles. The van der Waals surface area contributed by atoms with Crippen LogP contribution < -0.4 is 10.6 Å². The maximum atomic E-state index is 11.6. The minimum Gasteiger partial charge on any atom is -0.368 e. The van der Waals surface area contributed by atoms with Crippen molar-refractivity contribution < 1.29 is 4.79 Å². The summed E-state index contributed by atoms with van der Waals surface area (Å²) in [6, 6.07) is 1.59. The Morgan fingerprint density at radius 2 is 2.12 bits per heavy atom. The Balaban J connectivity index is 2.89. The van der Waals surface area contributed by atoms with E-state index in [2.05, 4.69) is 9.97 Å². The Morgan fingerprint density at radius 3 is 2.59 bits per heavy atom. The van der Waals surface area contributed by atoms with Gasteiger partial charge in [0.1, 0.15) is 11.0 Å². The van der Waals surface area contributed by atoms with Crippen molar-refractivity contribution >= 4 is 29.3 Å². The van der Waals surface area contributed by atoms with Crippen LogP contribution >= 0.6 is 11.6 Å². The van der Waals surface area contributed by atoms with Gasteiger partial charge in [-0.1, -0.05) is 11.6 Å². The number of nitrogens with two attached hydrogens (primary N) is 1. The zero-order chi connectivity index (χ0) is 13.0. The highest BCUT2D eigenvalue weighted by molar-refractivity contribution is 6.29. The number of hydrogen-bond acceptors (Lipinski definition) is 5. The van der Waals surface area contributed by atoms with Gasteiger partial charge >= 0.3 is 0 Å². The molecule has 0 radical (unpaired) electrons. The number of nitrogen functional groups attached to an aromatic ring is 1. The molecule has 0 aliphatic heterocycles. The highest BCUT2D eigenvalue weighted by atomic mass is 35.5. The summed E-state index contributed by atoms with van der Waals surface area (Å²) in [5.41, 5.74) is 5.51. The van der Waals surface area contributed by atoms with Gasteiger partial charge in [0.15, 0.2) is 0 Å². The van der Waals surface area contributed by atoms with Crippen molar-refractivity contribution in [2.24, 2.45) is 0 Å². The molecule has 94 valence electrons. The van der Waals surface area contributed by atoms with Crippen LogP contribution in [0.25, 0.3) is 0 Å². The van der Waals surface area contributed by atoms with E-state index in [9.17, 15) is 4.79 Å². The standard InChI is InChI=1S/C10H16ClN5O/c1-4-16(6-9(17)15(2)3)8-5-7(11)13-10(12)14-8/h5H,4,6H2,1-3H3,(H2,12,13,14). The van der Waals surface area contributed by atoms with Crippen LogP contribution in [0.5, 0.6) is 0 Å². The minimum atomic E-state index is -0.0137. The first kappa shape index (κ1) is 13.5. The van der Waals surface area contributed by atoms with Gasteiger partial charge in [-0.2, -0.15) is 4.98 Å². The molecule has 1 amide bonds. The second kappa shape index (κ2) is 5.67. The Kier molecular flexibility index (Phi) is 4.51. The predicted molar refractivity (Wildman–Crippen MR) is 68.0 cm³/mol. The Hall–Kier alpha value is -1.56. The summed E-state index contributed by atoms with van der Waals surface area (Å²) < 4.78 is 0. The summed E-state index contributed by atoms with van der Waals surface area (Å²) in [5.74, 6) is 0.642. The van der Waals surface area contributed by atoms with E-state index in [1.165, 1.54) is 4.90 Å². The van der Waals surface area contributed by atoms with E-state index in [0.29, 0.717) is 12.4 Å². The van der Waals surface area contributed by atoms with Crippen molar-refractivity contribution in [3.8, 4) is 0 Å². The van der Waals surface area contributed by atoms with Gasteiger partial charge in [0.05, 0.1) is 6.54 Å². The first-order valence-corrected chi connectivity index (χ1v) is 5.57. The zero-order valence-corrected chi connectivity index (χ0v) is 10.9. The average molecular weight is 258 g/mol. The molecule has 0 aromatic carbocycles. The number of nitrogens with zero attached hydrogens (tertiary/aromatic N) is 4. The first-order valence-electron chi connectivity index (χ1n) is 5.19. The molecule has 0 bridgehead atoms. The molecule has 2 N–H and O–H groups in total. The van der Waals surface area contributed by atoms with Crippen LogP contribution in [0.1, 0.15) is 6.92 Å². The van der Waals surface area contributed by atoms with Gasteiger partial charge in [0.2, 0.25) is 11.9 Å². The molecular weight excluding hydrogens is 242 g/mol. The quantitative estimate of drug-likeness (QED) is 0.801. The molecule has 1 heterocycles. The molecule has 1 aromatic rings. The monoisotopic (exact) mass is 257 g/mol. The summed E-state index contributed by atoms with van der Waals surface area (Å²) >= 11 is 5.80. The van der Waals surface area contributed by atoms with Crippen molar-refractivity contribution in [2.45, 2.75) is 6.92 Å². The fourth-order valence-corrected chi connectivity index (χ4v) is 1.43. The maximum Gasteiger partial charge on any atom is 0.241 e. The van der Waals surface area contributed by atoms with Crippen molar-refractivity contribution in [1.29, 1.82) is 0 Å². The lowest BCUT2D eigenvalue weighted by atomic mass is 10.4. The van der Waals surface area contributed by atoms with Crippen LogP contribution in [0.4, 0.5) is 11.8 Å². The van der Waals surface area contributed by atoms with Gasteiger partial charge in [-0.05, 0) is 6.92 Å². The smallest absolute Gasteiger partial charge is 0.241 e. The highest BCUT2D eigenvalue weighted by Gasteiger charge is 2.13. The van der Waals surface area contributed by atoms with E-state index in [0.717, 1.165) is 0 Å². The van der Waals surface area contributed by atoms with Crippen molar-refractivity contribution in [1.82, 2.24) is 14.9 Å². The topological polar surface area (TPSA) is 75.4 Å². The van der Waals surface area contributed by atoms with Crippen LogP contribution in [-0.2, 0) is 4.79 Å². The van der Waals surface area contributed by atoms with Crippen LogP contribution in [0, 0.1) is 0 Å². The molecule has 0 fully saturated rings. The molecule has 0 saturated heterocycles. The van der Waals surface area contributed by atoms with E-state index in [4.69, 9.17) is 17.3 Å². The molecular formula is C10H16ClN5O. The number of amides is 1. The third kappa shape index (κ3) is 3.74. The molecule has 6 nitrogen and oxygen atoms in total. The van der Waals surface area contributed by atoms with Crippen molar-refractivity contribution in [3.63, 3.8) is 0 Å². The van der Waals surface area contributed by atoms with Gasteiger partial charge in [-0.3, -0.25) is 4.79 Å². The Labute approximate surface area is 105 Å². The fraction of sp³-hybridized carbons (Fsp3) is 0.500. The fourth-order valence-electron chi connectivity index (χ4n) is 1.24. The van der Waals surface area contributed by atoms with E-state index in [-0.39, 0.29) is 23.6 Å². The van der Waals surface area contributed by atoms with Gasteiger partial charge in [-0.25, -0.2) is 4.98 Å². The lowest BCUT2D eigenvalue weighted by Gasteiger charge is -2.23. The van der Waals surface area contributed by atoms with E-state index < -0.39 is 0 Å². The molecule has 1 aromatic heterocycles. The number of anilines is 2. The molecule has 0 unspecified atom stereocenters. The molecule has 1 rings (SSSR count). The number of hydrogen-bond donors (Lipinski definition) is 1. The minimum absolute atomic E-state index is 0.0137. The largest absolute Gasteiger partial charge is 0.368 e. The van der Waals surface area contributed by atoms with Gasteiger partial charge in [0.25, 0.3) is 0 Å². The van der Waals surface area contributed by atoms with E-state index >= 15 is 0 Å². The Bertz CT molecular complexity index is 389. The number of halogens is 1. The summed E-state index contributed by atoms with van der Waals surface area (Å²) in [4.78, 5) is 22.8. The van der Waals surface area contributed by atoms with Crippen LogP contribution in [0.15, 0.2) is 6.07 Å². The third-order valence-electron chi connectivity index (χ3n) is 2.23. The summed E-state index contributed by atoms with van der Waals surface area (Å²) in [7, 11) is 3.41.